The van der Waals surface area contributed by atoms with Crippen molar-refractivity contribution in [1.82, 2.24) is 5.32 Å². The molecule has 1 nitrogen and oxygen atoms in total. The second kappa shape index (κ2) is 6.57. The summed E-state index contributed by atoms with van der Waals surface area (Å²) >= 11 is 4.28. The van der Waals surface area contributed by atoms with Gasteiger partial charge in [-0.15, -0.1) is 11.3 Å². The van der Waals surface area contributed by atoms with Crippen molar-refractivity contribution in [2.45, 2.75) is 19.4 Å². The van der Waals surface area contributed by atoms with Crippen LogP contribution >= 0.6 is 33.9 Å². The molecule has 0 saturated heterocycles. The molecule has 0 radical (unpaired) electrons. The van der Waals surface area contributed by atoms with E-state index in [1.54, 1.807) is 0 Å². The van der Waals surface area contributed by atoms with E-state index in [2.05, 4.69) is 57.6 Å². The highest BCUT2D eigenvalue weighted by atomic mass is 127. The quantitative estimate of drug-likeness (QED) is 0.470. The molecule has 0 unspecified atom stereocenters. The summed E-state index contributed by atoms with van der Waals surface area (Å²) < 4.78 is 2.66. The summed E-state index contributed by atoms with van der Waals surface area (Å²) in [6.45, 7) is 2.14. The average molecular weight is 345 g/mol. The predicted molar refractivity (Wildman–Crippen MR) is 81.7 cm³/mol. The van der Waals surface area contributed by atoms with Crippen LogP contribution in [0.2, 0.25) is 0 Å². The molecule has 16 heavy (non-hydrogen) atoms. The fourth-order valence-corrected chi connectivity index (χ4v) is 3.24. The van der Waals surface area contributed by atoms with Crippen LogP contribution in [0, 0.1) is 0 Å². The third kappa shape index (κ3) is 3.18. The fraction of sp³-hybridized carbons (Fsp3) is 0.385. The van der Waals surface area contributed by atoms with E-state index in [0.29, 0.717) is 0 Å². The van der Waals surface area contributed by atoms with Crippen molar-refractivity contribution in [1.29, 1.82) is 0 Å². The van der Waals surface area contributed by atoms with Crippen molar-refractivity contribution in [3.63, 3.8) is 0 Å². The van der Waals surface area contributed by atoms with Gasteiger partial charge in [0.05, 0.1) is 0 Å². The minimum Gasteiger partial charge on any atom is -0.313 e. The van der Waals surface area contributed by atoms with E-state index in [9.17, 15) is 0 Å². The van der Waals surface area contributed by atoms with E-state index >= 15 is 0 Å². The smallest absolute Gasteiger partial charge is 0.0346 e. The largest absolute Gasteiger partial charge is 0.313 e. The summed E-state index contributed by atoms with van der Waals surface area (Å²) in [6.07, 6.45) is 2.60. The SMILES string of the molecule is ICCCCNCc1csc2ccccc12. The normalized spacial score (nSPS) is 11.1. The van der Waals surface area contributed by atoms with Gasteiger partial charge in [0.2, 0.25) is 0 Å². The van der Waals surface area contributed by atoms with Gasteiger partial charge in [-0.1, -0.05) is 40.8 Å². The highest BCUT2D eigenvalue weighted by Crippen LogP contribution is 2.25. The summed E-state index contributed by atoms with van der Waals surface area (Å²) in [5, 5.41) is 7.20. The van der Waals surface area contributed by atoms with Crippen LogP contribution in [0.25, 0.3) is 10.1 Å². The number of hydrogen-bond acceptors (Lipinski definition) is 2. The van der Waals surface area contributed by atoms with Crippen LogP contribution < -0.4 is 5.32 Å². The Morgan fingerprint density at radius 2 is 2.06 bits per heavy atom. The van der Waals surface area contributed by atoms with Gasteiger partial charge >= 0.3 is 0 Å². The zero-order valence-corrected chi connectivity index (χ0v) is 12.2. The molecular weight excluding hydrogens is 329 g/mol. The molecule has 86 valence electrons. The van der Waals surface area contributed by atoms with E-state index in [1.807, 2.05) is 11.3 Å². The highest BCUT2D eigenvalue weighted by molar-refractivity contribution is 14.1. The Morgan fingerprint density at radius 1 is 1.19 bits per heavy atom. The molecule has 3 heteroatoms. The topological polar surface area (TPSA) is 12.0 Å². The van der Waals surface area contributed by atoms with Gasteiger partial charge in [0.15, 0.2) is 0 Å². The van der Waals surface area contributed by atoms with Gasteiger partial charge in [0, 0.05) is 11.2 Å². The lowest BCUT2D eigenvalue weighted by atomic mass is 10.2. The summed E-state index contributed by atoms with van der Waals surface area (Å²) in [5.74, 6) is 0. The maximum atomic E-state index is 3.52. The second-order valence-corrected chi connectivity index (χ2v) is 5.82. The standard InChI is InChI=1S/C13H16INS/c14-7-3-4-8-15-9-11-10-16-13-6-2-1-5-12(11)13/h1-2,5-6,10,15H,3-4,7-9H2. The van der Waals surface area contributed by atoms with Gasteiger partial charge in [0.25, 0.3) is 0 Å². The van der Waals surface area contributed by atoms with E-state index in [-0.39, 0.29) is 0 Å². The van der Waals surface area contributed by atoms with Crippen molar-refractivity contribution in [2.75, 3.05) is 11.0 Å². The molecule has 0 bridgehead atoms. The first-order chi connectivity index (χ1) is 7.92. The van der Waals surface area contributed by atoms with Crippen molar-refractivity contribution < 1.29 is 0 Å². The minimum atomic E-state index is 1.01. The van der Waals surface area contributed by atoms with Gasteiger partial charge in [-0.05, 0) is 46.2 Å². The Balaban J connectivity index is 1.89. The van der Waals surface area contributed by atoms with E-state index in [1.165, 1.54) is 32.9 Å². The third-order valence-corrected chi connectivity index (χ3v) is 4.39. The Morgan fingerprint density at radius 3 is 2.94 bits per heavy atom. The average Bonchev–Trinajstić information content (AvgIpc) is 2.73. The molecule has 0 aliphatic carbocycles. The second-order valence-electron chi connectivity index (χ2n) is 3.83. The number of benzene rings is 1. The number of rotatable bonds is 6. The monoisotopic (exact) mass is 345 g/mol. The van der Waals surface area contributed by atoms with Gasteiger partial charge in [0.1, 0.15) is 0 Å². The Labute approximate surface area is 114 Å². The van der Waals surface area contributed by atoms with Crippen LogP contribution in [0.5, 0.6) is 0 Å². The van der Waals surface area contributed by atoms with Gasteiger partial charge in [-0.25, -0.2) is 0 Å². The summed E-state index contributed by atoms with van der Waals surface area (Å²) in [7, 11) is 0. The van der Waals surface area contributed by atoms with Gasteiger partial charge in [-0.2, -0.15) is 0 Å². The fourth-order valence-electron chi connectivity index (χ4n) is 1.74. The molecule has 1 aromatic carbocycles. The molecule has 1 heterocycles. The summed E-state index contributed by atoms with van der Waals surface area (Å²) in [5.41, 5.74) is 1.44. The van der Waals surface area contributed by atoms with Crippen LogP contribution in [0.3, 0.4) is 0 Å². The van der Waals surface area contributed by atoms with Crippen molar-refractivity contribution in [3.8, 4) is 0 Å². The molecular formula is C13H16INS. The van der Waals surface area contributed by atoms with Crippen LogP contribution in [0.15, 0.2) is 29.6 Å². The first kappa shape index (κ1) is 12.3. The van der Waals surface area contributed by atoms with Crippen molar-refractivity contribution >= 4 is 44.0 Å². The number of alkyl halides is 1. The summed E-state index contributed by atoms with van der Waals surface area (Å²) in [4.78, 5) is 0. The molecule has 2 rings (SSSR count). The molecule has 0 fully saturated rings. The van der Waals surface area contributed by atoms with Crippen LogP contribution in [0.1, 0.15) is 18.4 Å². The maximum absolute atomic E-state index is 3.52. The number of halogens is 1. The maximum Gasteiger partial charge on any atom is 0.0346 e. The first-order valence-electron chi connectivity index (χ1n) is 5.63. The predicted octanol–water partition coefficient (Wildman–Crippen LogP) is 4.21. The third-order valence-electron chi connectivity index (χ3n) is 2.61. The molecule has 0 amide bonds. The highest BCUT2D eigenvalue weighted by Gasteiger charge is 2.01. The molecule has 0 atom stereocenters. The van der Waals surface area contributed by atoms with Crippen molar-refractivity contribution in [3.05, 3.63) is 35.2 Å². The molecule has 0 spiro atoms. The Bertz CT molecular complexity index is 438. The zero-order chi connectivity index (χ0) is 11.2. The molecule has 1 N–H and O–H groups in total. The van der Waals surface area contributed by atoms with E-state index in [4.69, 9.17) is 0 Å². The minimum absolute atomic E-state index is 1.01. The number of thiophene rings is 1. The van der Waals surface area contributed by atoms with Crippen LogP contribution in [0.4, 0.5) is 0 Å². The Hall–Kier alpha value is -0.130. The molecule has 2 aromatic rings. The number of fused-ring (bicyclic) bond motifs is 1. The molecule has 0 aliphatic rings. The van der Waals surface area contributed by atoms with Crippen molar-refractivity contribution in [2.24, 2.45) is 0 Å². The van der Waals surface area contributed by atoms with E-state index < -0.39 is 0 Å². The lowest BCUT2D eigenvalue weighted by molar-refractivity contribution is 0.648. The molecule has 0 saturated carbocycles. The molecule has 0 aliphatic heterocycles. The number of unbranched alkanes of at least 4 members (excludes halogenated alkanes) is 1. The zero-order valence-electron chi connectivity index (χ0n) is 9.21. The molecule has 1 aromatic heterocycles. The van der Waals surface area contributed by atoms with Crippen LogP contribution in [-0.4, -0.2) is 11.0 Å². The lowest BCUT2D eigenvalue weighted by Gasteiger charge is -2.02. The first-order valence-corrected chi connectivity index (χ1v) is 8.04. The van der Waals surface area contributed by atoms with Gasteiger partial charge < -0.3 is 5.32 Å². The van der Waals surface area contributed by atoms with Crippen LogP contribution in [-0.2, 0) is 6.54 Å². The number of hydrogen-bond donors (Lipinski definition) is 1. The Kier molecular flexibility index (Phi) is 5.06. The van der Waals surface area contributed by atoms with Gasteiger partial charge in [-0.3, -0.25) is 0 Å². The van der Waals surface area contributed by atoms with E-state index in [0.717, 1.165) is 13.1 Å². The lowest BCUT2D eigenvalue weighted by Crippen LogP contribution is -2.14. The summed E-state index contributed by atoms with van der Waals surface area (Å²) in [6, 6.07) is 8.64. The number of nitrogens with one attached hydrogen (secondary N) is 1.